The van der Waals surface area contributed by atoms with Crippen LogP contribution in [0.15, 0.2) is 72.8 Å². The molecule has 0 aliphatic heterocycles. The van der Waals surface area contributed by atoms with Gasteiger partial charge in [0.25, 0.3) is 0 Å². The van der Waals surface area contributed by atoms with Crippen molar-refractivity contribution in [2.75, 3.05) is 20.3 Å². The quantitative estimate of drug-likeness (QED) is 0.231. The van der Waals surface area contributed by atoms with E-state index in [9.17, 15) is 23.5 Å². The van der Waals surface area contributed by atoms with Gasteiger partial charge in [0.2, 0.25) is 11.8 Å². The highest BCUT2D eigenvalue weighted by Crippen LogP contribution is 2.18. The van der Waals surface area contributed by atoms with Crippen LogP contribution < -0.4 is 16.0 Å². The Morgan fingerprint density at radius 2 is 1.57 bits per heavy atom. The van der Waals surface area contributed by atoms with E-state index in [1.807, 2.05) is 24.3 Å². The number of methoxy groups -OCH3 is 1. The van der Waals surface area contributed by atoms with Crippen LogP contribution in [0.2, 0.25) is 0 Å². The zero-order chi connectivity index (χ0) is 28.9. The van der Waals surface area contributed by atoms with Crippen LogP contribution >= 0.6 is 0 Å². The summed E-state index contributed by atoms with van der Waals surface area (Å²) in [6.45, 7) is 2.54. The Labute approximate surface area is 234 Å². The van der Waals surface area contributed by atoms with E-state index >= 15 is 0 Å². The molecule has 9 heteroatoms. The Balaban J connectivity index is 1.72. The number of hydrogen-bond acceptors (Lipinski definition) is 5. The number of rotatable bonds is 15. The molecule has 3 aromatic carbocycles. The number of ether oxygens (including phenoxy) is 1. The van der Waals surface area contributed by atoms with E-state index < -0.39 is 35.7 Å². The van der Waals surface area contributed by atoms with Gasteiger partial charge in [-0.1, -0.05) is 61.5 Å². The number of benzene rings is 3. The first-order valence-electron chi connectivity index (χ1n) is 13.3. The van der Waals surface area contributed by atoms with Gasteiger partial charge in [-0.15, -0.1) is 0 Å². The summed E-state index contributed by atoms with van der Waals surface area (Å²) in [4.78, 5) is 25.4. The smallest absolute Gasteiger partial charge is 0.246 e. The highest BCUT2D eigenvalue weighted by molar-refractivity contribution is 5.81. The van der Waals surface area contributed by atoms with E-state index in [1.165, 1.54) is 24.8 Å². The van der Waals surface area contributed by atoms with Crippen LogP contribution in [0, 0.1) is 11.6 Å². The van der Waals surface area contributed by atoms with Crippen molar-refractivity contribution in [2.24, 2.45) is 0 Å². The van der Waals surface area contributed by atoms with Gasteiger partial charge < -0.3 is 25.8 Å². The third kappa shape index (κ3) is 10.1. The van der Waals surface area contributed by atoms with Crippen molar-refractivity contribution in [2.45, 2.75) is 50.9 Å². The molecule has 0 bridgehead atoms. The van der Waals surface area contributed by atoms with Crippen molar-refractivity contribution in [1.29, 1.82) is 0 Å². The van der Waals surface area contributed by atoms with Gasteiger partial charge in [-0.3, -0.25) is 9.59 Å². The van der Waals surface area contributed by atoms with Crippen molar-refractivity contribution in [3.8, 4) is 0 Å². The van der Waals surface area contributed by atoms with E-state index in [0.29, 0.717) is 12.1 Å². The SMILES string of the molecule is CCc1cccc(CNC[C@H](O)[C@H](Cc2cc(F)cc(F)c2)NC(=O)CC(NC(=O)COC)c2ccccc2)c1. The predicted molar refractivity (Wildman–Crippen MR) is 149 cm³/mol. The van der Waals surface area contributed by atoms with Crippen molar-refractivity contribution in [3.05, 3.63) is 107 Å². The van der Waals surface area contributed by atoms with Crippen LogP contribution in [0.3, 0.4) is 0 Å². The lowest BCUT2D eigenvalue weighted by Gasteiger charge is -2.26. The molecular weight excluding hydrogens is 516 g/mol. The molecule has 0 saturated carbocycles. The van der Waals surface area contributed by atoms with Crippen LogP contribution in [0.4, 0.5) is 8.78 Å². The minimum absolute atomic E-state index is 0.000619. The van der Waals surface area contributed by atoms with Crippen LogP contribution in [0.1, 0.15) is 41.6 Å². The summed E-state index contributed by atoms with van der Waals surface area (Å²) < 4.78 is 32.7. The van der Waals surface area contributed by atoms with Gasteiger partial charge >= 0.3 is 0 Å². The molecule has 3 aromatic rings. The van der Waals surface area contributed by atoms with Gasteiger partial charge in [0.05, 0.1) is 24.6 Å². The van der Waals surface area contributed by atoms with Crippen LogP contribution in [-0.4, -0.2) is 49.3 Å². The summed E-state index contributed by atoms with van der Waals surface area (Å²) in [5.74, 6) is -2.31. The molecule has 3 rings (SSSR count). The molecule has 0 aliphatic carbocycles. The number of carbonyl (C=O) groups excluding carboxylic acids is 2. The van der Waals surface area contributed by atoms with Gasteiger partial charge in [-0.2, -0.15) is 0 Å². The molecule has 0 saturated heterocycles. The minimum Gasteiger partial charge on any atom is -0.390 e. The second kappa shape index (κ2) is 15.8. The van der Waals surface area contributed by atoms with E-state index in [-0.39, 0.29) is 31.9 Å². The maximum Gasteiger partial charge on any atom is 0.246 e. The second-order valence-corrected chi connectivity index (χ2v) is 9.70. The fourth-order valence-corrected chi connectivity index (χ4v) is 4.49. The second-order valence-electron chi connectivity index (χ2n) is 9.70. The fraction of sp³-hybridized carbons (Fsp3) is 0.355. The van der Waals surface area contributed by atoms with Crippen molar-refractivity contribution < 1.29 is 28.2 Å². The number of aliphatic hydroxyl groups excluding tert-OH is 1. The maximum atomic E-state index is 13.9. The highest BCUT2D eigenvalue weighted by atomic mass is 19.1. The molecule has 40 heavy (non-hydrogen) atoms. The molecule has 0 radical (unpaired) electrons. The van der Waals surface area contributed by atoms with Crippen molar-refractivity contribution >= 4 is 11.8 Å². The van der Waals surface area contributed by atoms with Gasteiger partial charge in [0.15, 0.2) is 0 Å². The topological polar surface area (TPSA) is 99.7 Å². The number of amides is 2. The monoisotopic (exact) mass is 553 g/mol. The number of aliphatic hydroxyl groups is 1. The summed E-state index contributed by atoms with van der Waals surface area (Å²) >= 11 is 0. The number of nitrogens with one attached hydrogen (secondary N) is 3. The first kappa shape index (κ1) is 30.9. The number of carbonyl (C=O) groups is 2. The van der Waals surface area contributed by atoms with Crippen LogP contribution in [0.5, 0.6) is 0 Å². The Morgan fingerprint density at radius 1 is 0.875 bits per heavy atom. The molecule has 1 unspecified atom stereocenters. The van der Waals surface area contributed by atoms with E-state index in [1.54, 1.807) is 24.3 Å². The molecule has 0 aliphatic rings. The van der Waals surface area contributed by atoms with E-state index in [4.69, 9.17) is 4.74 Å². The van der Waals surface area contributed by atoms with Crippen LogP contribution in [0.25, 0.3) is 0 Å². The number of halogens is 2. The fourth-order valence-electron chi connectivity index (χ4n) is 4.49. The van der Waals surface area contributed by atoms with Gasteiger partial charge in [0.1, 0.15) is 18.2 Å². The minimum atomic E-state index is -1.07. The predicted octanol–water partition coefficient (Wildman–Crippen LogP) is 3.60. The van der Waals surface area contributed by atoms with Crippen LogP contribution in [-0.2, 0) is 33.7 Å². The Kier molecular flexibility index (Phi) is 12.2. The third-order valence-corrected chi connectivity index (χ3v) is 6.47. The first-order valence-corrected chi connectivity index (χ1v) is 13.3. The Hall–Kier alpha value is -3.66. The van der Waals surface area contributed by atoms with Gasteiger partial charge in [-0.05, 0) is 47.2 Å². The summed E-state index contributed by atoms with van der Waals surface area (Å²) in [6, 6.07) is 18.7. The molecule has 0 spiro atoms. The summed E-state index contributed by atoms with van der Waals surface area (Å²) in [5, 5.41) is 19.9. The molecule has 0 aromatic heterocycles. The number of hydrogen-bond donors (Lipinski definition) is 4. The lowest BCUT2D eigenvalue weighted by molar-refractivity contribution is -0.126. The molecular formula is C31H37F2N3O4. The molecule has 2 amide bonds. The maximum absolute atomic E-state index is 13.9. The average molecular weight is 554 g/mol. The lowest BCUT2D eigenvalue weighted by Crippen LogP contribution is -2.49. The van der Waals surface area contributed by atoms with Crippen molar-refractivity contribution in [3.63, 3.8) is 0 Å². The first-order chi connectivity index (χ1) is 19.3. The Morgan fingerprint density at radius 3 is 2.25 bits per heavy atom. The summed E-state index contributed by atoms with van der Waals surface area (Å²) in [6.07, 6.45) is -0.272. The normalized spacial score (nSPS) is 13.3. The summed E-state index contributed by atoms with van der Waals surface area (Å²) in [7, 11) is 1.40. The zero-order valence-electron chi connectivity index (χ0n) is 22.8. The van der Waals surface area contributed by atoms with Crippen molar-refractivity contribution in [1.82, 2.24) is 16.0 Å². The molecule has 0 fully saturated rings. The van der Waals surface area contributed by atoms with Gasteiger partial charge in [-0.25, -0.2) is 8.78 Å². The molecule has 214 valence electrons. The van der Waals surface area contributed by atoms with Gasteiger partial charge in [0, 0.05) is 26.3 Å². The number of aryl methyl sites for hydroxylation is 1. The molecule has 7 nitrogen and oxygen atoms in total. The average Bonchev–Trinajstić information content (AvgIpc) is 2.92. The third-order valence-electron chi connectivity index (χ3n) is 6.47. The highest BCUT2D eigenvalue weighted by Gasteiger charge is 2.25. The summed E-state index contributed by atoms with van der Waals surface area (Å²) in [5.41, 5.74) is 3.27. The lowest BCUT2D eigenvalue weighted by atomic mass is 9.99. The molecule has 4 N–H and O–H groups in total. The molecule has 3 atom stereocenters. The van der Waals surface area contributed by atoms with E-state index in [2.05, 4.69) is 28.9 Å². The standard InChI is InChI=1S/C31H37F2N3O4/c1-3-21-8-7-9-22(12-21)18-34-19-29(37)28(15-23-13-25(32)16-26(33)14-23)36-30(38)17-27(35-31(39)20-40-2)24-10-5-4-6-11-24/h4-14,16,27-29,34,37H,3,15,17-20H2,1-2H3,(H,35,39)(H,36,38)/t27?,28-,29-/m0/s1. The zero-order valence-corrected chi connectivity index (χ0v) is 22.8. The molecule has 0 heterocycles. The van der Waals surface area contributed by atoms with E-state index in [0.717, 1.165) is 23.6 Å². The largest absolute Gasteiger partial charge is 0.390 e. The Bertz CT molecular complexity index is 1220.